The van der Waals surface area contributed by atoms with Gasteiger partial charge in [0, 0.05) is 0 Å². The maximum absolute atomic E-state index is 11.7. The van der Waals surface area contributed by atoms with Crippen LogP contribution in [0.4, 0.5) is 0 Å². The summed E-state index contributed by atoms with van der Waals surface area (Å²) in [5, 5.41) is 2.61. The number of thioether (sulfide) groups is 1. The van der Waals surface area contributed by atoms with Gasteiger partial charge in [0.1, 0.15) is 4.32 Å². The molecule has 114 valence electrons. The van der Waals surface area contributed by atoms with E-state index in [-0.39, 0.29) is 12.7 Å². The molecule has 2 aliphatic rings. The molecule has 2 aromatic rings. The fourth-order valence-corrected chi connectivity index (χ4v) is 3.46. The van der Waals surface area contributed by atoms with Crippen LogP contribution in [0.15, 0.2) is 47.4 Å². The molecule has 1 saturated heterocycles. The third-order valence-electron chi connectivity index (χ3n) is 3.56. The van der Waals surface area contributed by atoms with Crippen molar-refractivity contribution < 1.29 is 14.3 Å². The van der Waals surface area contributed by atoms with Gasteiger partial charge in [0.15, 0.2) is 11.5 Å². The fourth-order valence-electron chi connectivity index (χ4n) is 2.42. The molecular formula is C17H11NO3S2. The number of thiocarbonyl (C=S) groups is 1. The molecule has 6 heteroatoms. The lowest BCUT2D eigenvalue weighted by Crippen LogP contribution is -2.17. The van der Waals surface area contributed by atoms with Gasteiger partial charge in [-0.3, -0.25) is 4.79 Å². The third kappa shape index (κ3) is 2.83. The minimum atomic E-state index is -0.139. The summed E-state index contributed by atoms with van der Waals surface area (Å²) >= 11 is 6.27. The average molecular weight is 341 g/mol. The SMILES string of the molecule is O=C1NC(=S)S/C1=C\c1ccc(-c2ccc3c(c2)OCO3)cc1. The molecule has 4 rings (SSSR count). The van der Waals surface area contributed by atoms with Crippen molar-refractivity contribution in [2.24, 2.45) is 0 Å². The van der Waals surface area contributed by atoms with Crippen molar-refractivity contribution in [2.45, 2.75) is 0 Å². The van der Waals surface area contributed by atoms with E-state index in [9.17, 15) is 4.79 Å². The molecule has 23 heavy (non-hydrogen) atoms. The van der Waals surface area contributed by atoms with Gasteiger partial charge >= 0.3 is 0 Å². The van der Waals surface area contributed by atoms with Crippen molar-refractivity contribution in [3.8, 4) is 22.6 Å². The summed E-state index contributed by atoms with van der Waals surface area (Å²) in [6.07, 6.45) is 1.84. The molecule has 0 saturated carbocycles. The molecule has 1 amide bonds. The number of amides is 1. The van der Waals surface area contributed by atoms with Gasteiger partial charge in [-0.15, -0.1) is 0 Å². The normalized spacial score (nSPS) is 17.7. The van der Waals surface area contributed by atoms with Crippen LogP contribution >= 0.6 is 24.0 Å². The smallest absolute Gasteiger partial charge is 0.263 e. The molecule has 2 heterocycles. The number of ether oxygens (including phenoxy) is 2. The van der Waals surface area contributed by atoms with Crippen molar-refractivity contribution >= 4 is 40.3 Å². The highest BCUT2D eigenvalue weighted by Gasteiger charge is 2.21. The number of benzene rings is 2. The maximum Gasteiger partial charge on any atom is 0.263 e. The minimum Gasteiger partial charge on any atom is -0.454 e. The van der Waals surface area contributed by atoms with E-state index in [1.165, 1.54) is 11.8 Å². The number of carbonyl (C=O) groups is 1. The summed E-state index contributed by atoms with van der Waals surface area (Å²) in [6, 6.07) is 13.9. The van der Waals surface area contributed by atoms with Gasteiger partial charge in [-0.2, -0.15) is 0 Å². The zero-order valence-corrected chi connectivity index (χ0v) is 13.5. The van der Waals surface area contributed by atoms with E-state index in [4.69, 9.17) is 21.7 Å². The first-order valence-electron chi connectivity index (χ1n) is 6.94. The molecule has 0 unspecified atom stereocenters. The highest BCUT2D eigenvalue weighted by molar-refractivity contribution is 8.26. The van der Waals surface area contributed by atoms with Crippen molar-refractivity contribution in [1.82, 2.24) is 5.32 Å². The van der Waals surface area contributed by atoms with E-state index in [1.807, 2.05) is 48.5 Å². The molecule has 4 nitrogen and oxygen atoms in total. The number of hydrogen-bond acceptors (Lipinski definition) is 5. The highest BCUT2D eigenvalue weighted by atomic mass is 32.2. The molecule has 2 aliphatic heterocycles. The zero-order valence-electron chi connectivity index (χ0n) is 11.9. The van der Waals surface area contributed by atoms with Crippen LogP contribution in [-0.4, -0.2) is 17.0 Å². The first-order valence-corrected chi connectivity index (χ1v) is 8.16. The predicted molar refractivity (Wildman–Crippen MR) is 94.3 cm³/mol. The Labute approximate surface area is 142 Å². The molecule has 0 bridgehead atoms. The van der Waals surface area contributed by atoms with E-state index < -0.39 is 0 Å². The van der Waals surface area contributed by atoms with Crippen LogP contribution in [0.3, 0.4) is 0 Å². The molecular weight excluding hydrogens is 330 g/mol. The van der Waals surface area contributed by atoms with E-state index in [1.54, 1.807) is 0 Å². The Balaban J connectivity index is 1.60. The van der Waals surface area contributed by atoms with Crippen LogP contribution in [0.1, 0.15) is 5.56 Å². The fraction of sp³-hybridized carbons (Fsp3) is 0.0588. The van der Waals surface area contributed by atoms with Crippen LogP contribution in [0, 0.1) is 0 Å². The van der Waals surface area contributed by atoms with E-state index in [2.05, 4.69) is 5.32 Å². The van der Waals surface area contributed by atoms with Crippen LogP contribution in [0.25, 0.3) is 17.2 Å². The number of rotatable bonds is 2. The standard InChI is InChI=1S/C17H11NO3S2/c19-16-15(23-17(22)18-16)7-10-1-3-11(4-2-10)12-5-6-13-14(8-12)21-9-20-13/h1-8H,9H2,(H,18,19,22)/b15-7-. The Kier molecular flexibility index (Phi) is 3.55. The summed E-state index contributed by atoms with van der Waals surface area (Å²) in [5.74, 6) is 1.40. The largest absolute Gasteiger partial charge is 0.454 e. The highest BCUT2D eigenvalue weighted by Crippen LogP contribution is 2.36. The molecule has 2 aromatic carbocycles. The van der Waals surface area contributed by atoms with Gasteiger partial charge in [0.05, 0.1) is 4.91 Å². The summed E-state index contributed by atoms with van der Waals surface area (Å²) in [7, 11) is 0. The van der Waals surface area contributed by atoms with Gasteiger partial charge in [-0.25, -0.2) is 0 Å². The molecule has 0 aliphatic carbocycles. The second-order valence-corrected chi connectivity index (χ2v) is 6.76. The van der Waals surface area contributed by atoms with Crippen molar-refractivity contribution in [3.63, 3.8) is 0 Å². The second kappa shape index (κ2) is 5.72. The quantitative estimate of drug-likeness (QED) is 0.668. The number of fused-ring (bicyclic) bond motifs is 1. The van der Waals surface area contributed by atoms with Gasteiger partial charge in [0.2, 0.25) is 6.79 Å². The average Bonchev–Trinajstić information content (AvgIpc) is 3.13. The Morgan fingerprint density at radius 3 is 2.52 bits per heavy atom. The van der Waals surface area contributed by atoms with Gasteiger partial charge in [0.25, 0.3) is 5.91 Å². The van der Waals surface area contributed by atoms with Crippen LogP contribution in [-0.2, 0) is 4.79 Å². The minimum absolute atomic E-state index is 0.139. The molecule has 1 N–H and O–H groups in total. The third-order valence-corrected chi connectivity index (χ3v) is 4.72. The van der Waals surface area contributed by atoms with E-state index >= 15 is 0 Å². The lowest BCUT2D eigenvalue weighted by atomic mass is 10.0. The van der Waals surface area contributed by atoms with Crippen molar-refractivity contribution in [2.75, 3.05) is 6.79 Å². The molecule has 0 radical (unpaired) electrons. The Hall–Kier alpha value is -2.31. The first-order chi connectivity index (χ1) is 11.2. The first kappa shape index (κ1) is 14.3. The Morgan fingerprint density at radius 2 is 1.78 bits per heavy atom. The Bertz CT molecular complexity index is 843. The Morgan fingerprint density at radius 1 is 1.04 bits per heavy atom. The van der Waals surface area contributed by atoms with Gasteiger partial charge < -0.3 is 14.8 Å². The van der Waals surface area contributed by atoms with Crippen molar-refractivity contribution in [1.29, 1.82) is 0 Å². The maximum atomic E-state index is 11.7. The van der Waals surface area contributed by atoms with E-state index in [0.29, 0.717) is 9.23 Å². The summed E-state index contributed by atoms with van der Waals surface area (Å²) < 4.78 is 11.2. The van der Waals surface area contributed by atoms with Gasteiger partial charge in [-0.1, -0.05) is 54.3 Å². The van der Waals surface area contributed by atoms with Crippen LogP contribution < -0.4 is 14.8 Å². The lowest BCUT2D eigenvalue weighted by molar-refractivity contribution is -0.115. The van der Waals surface area contributed by atoms with Crippen LogP contribution in [0.2, 0.25) is 0 Å². The molecule has 1 fully saturated rings. The molecule has 0 aromatic heterocycles. The summed E-state index contributed by atoms with van der Waals surface area (Å²) in [4.78, 5) is 12.3. The van der Waals surface area contributed by atoms with E-state index in [0.717, 1.165) is 28.2 Å². The number of hydrogen-bond donors (Lipinski definition) is 1. The van der Waals surface area contributed by atoms with Crippen LogP contribution in [0.5, 0.6) is 11.5 Å². The van der Waals surface area contributed by atoms with Gasteiger partial charge in [-0.05, 0) is 34.9 Å². The summed E-state index contributed by atoms with van der Waals surface area (Å²) in [5.41, 5.74) is 3.09. The molecule has 0 atom stereocenters. The summed E-state index contributed by atoms with van der Waals surface area (Å²) in [6.45, 7) is 0.271. The second-order valence-electron chi connectivity index (χ2n) is 5.04. The molecule has 0 spiro atoms. The monoisotopic (exact) mass is 341 g/mol. The lowest BCUT2D eigenvalue weighted by Gasteiger charge is -2.04. The predicted octanol–water partition coefficient (Wildman–Crippen LogP) is 3.57. The number of carbonyl (C=O) groups excluding carboxylic acids is 1. The topological polar surface area (TPSA) is 47.6 Å². The number of nitrogens with one attached hydrogen (secondary N) is 1. The van der Waals surface area contributed by atoms with Crippen molar-refractivity contribution in [3.05, 3.63) is 52.9 Å². The zero-order chi connectivity index (χ0) is 15.8.